The Balaban J connectivity index is 1.41. The molecule has 1 nitrogen and oxygen atoms in total. The van der Waals surface area contributed by atoms with Crippen molar-refractivity contribution in [3.8, 4) is 6.07 Å². The highest BCUT2D eigenvalue weighted by Crippen LogP contribution is 2.37. The molecule has 0 N–H and O–H groups in total. The number of aryl methyl sites for hydroxylation is 2. The van der Waals surface area contributed by atoms with Gasteiger partial charge in [0.2, 0.25) is 0 Å². The Labute approximate surface area is 182 Å². The third-order valence-corrected chi connectivity index (χ3v) is 6.87. The van der Waals surface area contributed by atoms with Crippen LogP contribution < -0.4 is 0 Å². The van der Waals surface area contributed by atoms with E-state index in [9.17, 15) is 4.39 Å². The number of benzene rings is 2. The van der Waals surface area contributed by atoms with Crippen LogP contribution in [0.15, 0.2) is 42.5 Å². The third-order valence-electron chi connectivity index (χ3n) is 6.87. The van der Waals surface area contributed by atoms with E-state index in [-0.39, 0.29) is 5.56 Å². The lowest BCUT2D eigenvalue weighted by Crippen LogP contribution is -2.13. The Morgan fingerprint density at radius 2 is 1.53 bits per heavy atom. The van der Waals surface area contributed by atoms with E-state index in [1.54, 1.807) is 6.07 Å². The molecule has 0 amide bonds. The minimum Gasteiger partial charge on any atom is -0.206 e. The van der Waals surface area contributed by atoms with Gasteiger partial charge in [-0.2, -0.15) is 5.26 Å². The lowest BCUT2D eigenvalue weighted by molar-refractivity contribution is 0.302. The SMILES string of the molecule is CCCCCCCC1CCC(c2ccc(CCc3ccc(C#N)c(F)c3)cc2)CC1. The summed E-state index contributed by atoms with van der Waals surface area (Å²) in [6.45, 7) is 2.28. The van der Waals surface area contributed by atoms with Crippen LogP contribution in [-0.4, -0.2) is 0 Å². The number of hydrogen-bond donors (Lipinski definition) is 0. The van der Waals surface area contributed by atoms with Crippen molar-refractivity contribution in [2.24, 2.45) is 5.92 Å². The fourth-order valence-corrected chi connectivity index (χ4v) is 4.87. The van der Waals surface area contributed by atoms with Gasteiger partial charge in [-0.05, 0) is 79.2 Å². The summed E-state index contributed by atoms with van der Waals surface area (Å²) in [4.78, 5) is 0. The van der Waals surface area contributed by atoms with Crippen molar-refractivity contribution >= 4 is 0 Å². The summed E-state index contributed by atoms with van der Waals surface area (Å²) >= 11 is 0. The molecule has 1 aliphatic carbocycles. The van der Waals surface area contributed by atoms with Crippen LogP contribution in [0.4, 0.5) is 4.39 Å². The van der Waals surface area contributed by atoms with E-state index in [0.29, 0.717) is 0 Å². The quantitative estimate of drug-likeness (QED) is 0.366. The predicted octanol–water partition coefficient (Wildman–Crippen LogP) is 8.12. The molecule has 0 aliphatic heterocycles. The Hall–Kier alpha value is -2.14. The standard InChI is InChI=1S/C28H36FN/c1-2-3-4-5-6-7-22-10-15-25(16-11-22)26-17-12-23(13-18-26)8-9-24-14-19-27(21-30)28(29)20-24/h12-14,17-20,22,25H,2-11,15-16H2,1H3. The van der Waals surface area contributed by atoms with Crippen molar-refractivity contribution in [2.75, 3.05) is 0 Å². The van der Waals surface area contributed by atoms with E-state index < -0.39 is 5.82 Å². The lowest BCUT2D eigenvalue weighted by Gasteiger charge is -2.29. The third kappa shape index (κ3) is 6.69. The van der Waals surface area contributed by atoms with Gasteiger partial charge in [-0.25, -0.2) is 4.39 Å². The summed E-state index contributed by atoms with van der Waals surface area (Å²) in [5.41, 5.74) is 3.85. The highest BCUT2D eigenvalue weighted by Gasteiger charge is 2.22. The predicted molar refractivity (Wildman–Crippen MR) is 123 cm³/mol. The van der Waals surface area contributed by atoms with Gasteiger partial charge in [-0.15, -0.1) is 0 Å². The molecule has 0 bridgehead atoms. The van der Waals surface area contributed by atoms with E-state index in [0.717, 1.165) is 30.2 Å². The van der Waals surface area contributed by atoms with Crippen LogP contribution in [0, 0.1) is 23.1 Å². The number of nitrogens with zero attached hydrogens (tertiary/aromatic N) is 1. The summed E-state index contributed by atoms with van der Waals surface area (Å²) < 4.78 is 13.8. The van der Waals surface area contributed by atoms with Crippen LogP contribution in [0.2, 0.25) is 0 Å². The molecule has 0 aromatic heterocycles. The molecule has 0 unspecified atom stereocenters. The van der Waals surface area contributed by atoms with Gasteiger partial charge in [0.15, 0.2) is 0 Å². The van der Waals surface area contributed by atoms with Crippen LogP contribution in [0.3, 0.4) is 0 Å². The van der Waals surface area contributed by atoms with Crippen LogP contribution in [0.1, 0.15) is 99.3 Å². The number of unbranched alkanes of at least 4 members (excludes halogenated alkanes) is 4. The molecule has 0 heterocycles. The van der Waals surface area contributed by atoms with Gasteiger partial charge in [0.05, 0.1) is 5.56 Å². The normalized spacial score (nSPS) is 18.8. The van der Waals surface area contributed by atoms with Crippen molar-refractivity contribution in [3.63, 3.8) is 0 Å². The molecular formula is C28H36FN. The second kappa shape index (κ2) is 11.9. The molecule has 0 spiro atoms. The molecule has 30 heavy (non-hydrogen) atoms. The van der Waals surface area contributed by atoms with Gasteiger partial charge in [0.1, 0.15) is 11.9 Å². The maximum atomic E-state index is 13.8. The molecule has 1 saturated carbocycles. The number of hydrogen-bond acceptors (Lipinski definition) is 1. The number of nitriles is 1. The highest BCUT2D eigenvalue weighted by molar-refractivity contribution is 5.34. The van der Waals surface area contributed by atoms with Crippen molar-refractivity contribution in [1.29, 1.82) is 5.26 Å². The zero-order valence-corrected chi connectivity index (χ0v) is 18.5. The highest BCUT2D eigenvalue weighted by atomic mass is 19.1. The fraction of sp³-hybridized carbons (Fsp3) is 0.536. The molecule has 160 valence electrons. The van der Waals surface area contributed by atoms with Crippen molar-refractivity contribution < 1.29 is 4.39 Å². The summed E-state index contributed by atoms with van der Waals surface area (Å²) in [6, 6.07) is 15.9. The average molecular weight is 406 g/mol. The topological polar surface area (TPSA) is 23.8 Å². The first-order valence-corrected chi connectivity index (χ1v) is 12.0. The average Bonchev–Trinajstić information content (AvgIpc) is 2.78. The van der Waals surface area contributed by atoms with Crippen LogP contribution in [-0.2, 0) is 12.8 Å². The van der Waals surface area contributed by atoms with Crippen molar-refractivity contribution in [3.05, 3.63) is 70.5 Å². The van der Waals surface area contributed by atoms with Gasteiger partial charge in [-0.1, -0.05) is 75.8 Å². The Bertz CT molecular complexity index is 810. The van der Waals surface area contributed by atoms with E-state index >= 15 is 0 Å². The summed E-state index contributed by atoms with van der Waals surface area (Å²) in [5, 5.41) is 8.84. The first kappa shape index (κ1) is 22.5. The monoisotopic (exact) mass is 405 g/mol. The molecule has 2 aromatic rings. The lowest BCUT2D eigenvalue weighted by atomic mass is 9.77. The Kier molecular flexibility index (Phi) is 8.94. The fourth-order valence-electron chi connectivity index (χ4n) is 4.87. The molecule has 1 fully saturated rings. The molecule has 0 radical (unpaired) electrons. The van der Waals surface area contributed by atoms with Crippen LogP contribution in [0.25, 0.3) is 0 Å². The van der Waals surface area contributed by atoms with Crippen LogP contribution in [0.5, 0.6) is 0 Å². The number of halogens is 1. The second-order valence-corrected chi connectivity index (χ2v) is 9.09. The van der Waals surface area contributed by atoms with E-state index in [4.69, 9.17) is 5.26 Å². The largest absolute Gasteiger partial charge is 0.206 e. The summed E-state index contributed by atoms with van der Waals surface area (Å²) in [7, 11) is 0. The molecule has 0 saturated heterocycles. The van der Waals surface area contributed by atoms with E-state index in [1.165, 1.54) is 81.4 Å². The van der Waals surface area contributed by atoms with Crippen molar-refractivity contribution in [1.82, 2.24) is 0 Å². The first-order valence-electron chi connectivity index (χ1n) is 12.0. The molecule has 2 aromatic carbocycles. The Morgan fingerprint density at radius 3 is 2.20 bits per heavy atom. The van der Waals surface area contributed by atoms with Gasteiger partial charge >= 0.3 is 0 Å². The maximum absolute atomic E-state index is 13.8. The second-order valence-electron chi connectivity index (χ2n) is 9.09. The van der Waals surface area contributed by atoms with Gasteiger partial charge in [0, 0.05) is 0 Å². The zero-order valence-electron chi connectivity index (χ0n) is 18.5. The zero-order chi connectivity index (χ0) is 21.2. The molecule has 1 aliphatic rings. The Morgan fingerprint density at radius 1 is 0.867 bits per heavy atom. The minimum absolute atomic E-state index is 0.120. The number of rotatable bonds is 10. The maximum Gasteiger partial charge on any atom is 0.141 e. The van der Waals surface area contributed by atoms with Crippen LogP contribution >= 0.6 is 0 Å². The van der Waals surface area contributed by atoms with Gasteiger partial charge in [0.25, 0.3) is 0 Å². The minimum atomic E-state index is -0.415. The molecule has 2 heteroatoms. The first-order chi connectivity index (χ1) is 14.7. The molecule has 0 atom stereocenters. The smallest absolute Gasteiger partial charge is 0.141 e. The molecular weight excluding hydrogens is 369 g/mol. The van der Waals surface area contributed by atoms with E-state index in [1.807, 2.05) is 12.1 Å². The van der Waals surface area contributed by atoms with Gasteiger partial charge in [-0.3, -0.25) is 0 Å². The molecule has 3 rings (SSSR count). The van der Waals surface area contributed by atoms with E-state index in [2.05, 4.69) is 31.2 Å². The summed E-state index contributed by atoms with van der Waals surface area (Å²) in [6.07, 6.45) is 15.6. The summed E-state index contributed by atoms with van der Waals surface area (Å²) in [5.74, 6) is 1.26. The van der Waals surface area contributed by atoms with Crippen molar-refractivity contribution in [2.45, 2.75) is 89.9 Å². The van der Waals surface area contributed by atoms with Gasteiger partial charge < -0.3 is 0 Å².